The minimum Gasteiger partial charge on any atom is -0.372 e. The number of halogens is 1. The summed E-state index contributed by atoms with van der Waals surface area (Å²) in [5.74, 6) is -0.443. The van der Waals surface area contributed by atoms with Gasteiger partial charge in [-0.3, -0.25) is 4.79 Å². The molecular weight excluding hydrogens is 289 g/mol. The number of benzene rings is 1. The van der Waals surface area contributed by atoms with Crippen molar-refractivity contribution in [2.45, 2.75) is 18.9 Å². The third-order valence-electron chi connectivity index (χ3n) is 3.46. The average molecular weight is 307 g/mol. The zero-order valence-corrected chi connectivity index (χ0v) is 12.9. The van der Waals surface area contributed by atoms with Crippen LogP contribution in [0.2, 0.25) is 0 Å². The number of hydrogen-bond donors (Lipinski definition) is 1. The van der Waals surface area contributed by atoms with E-state index in [0.29, 0.717) is 12.0 Å². The Morgan fingerprint density at radius 2 is 2.14 bits per heavy atom. The van der Waals surface area contributed by atoms with Gasteiger partial charge in [-0.25, -0.2) is 4.39 Å². The Morgan fingerprint density at radius 3 is 2.76 bits per heavy atom. The molecule has 112 valence electrons. The highest BCUT2D eigenvalue weighted by Gasteiger charge is 2.29. The Morgan fingerprint density at radius 1 is 1.38 bits per heavy atom. The molecule has 2 rings (SSSR count). The number of ether oxygens (including phenoxy) is 1. The van der Waals surface area contributed by atoms with E-state index in [9.17, 15) is 9.18 Å². The predicted octanol–water partition coefficient (Wildman–Crippen LogP) is 3.11. The summed E-state index contributed by atoms with van der Waals surface area (Å²) >= 11 is 1.55. The summed E-state index contributed by atoms with van der Waals surface area (Å²) in [6.45, 7) is 1.98. The minimum atomic E-state index is -0.893. The van der Waals surface area contributed by atoms with Gasteiger partial charge in [-0.05, 0) is 35.4 Å². The SMILES string of the molecule is COC(C)(CNC(=O)Cc1ccsc1)c1ccccc1F. The van der Waals surface area contributed by atoms with E-state index < -0.39 is 5.60 Å². The summed E-state index contributed by atoms with van der Waals surface area (Å²) in [6, 6.07) is 8.35. The van der Waals surface area contributed by atoms with Crippen molar-refractivity contribution in [2.75, 3.05) is 13.7 Å². The molecule has 1 aromatic carbocycles. The standard InChI is InChI=1S/C16H18FNO2S/c1-16(20-2,13-5-3-4-6-14(13)17)11-18-15(19)9-12-7-8-21-10-12/h3-8,10H,9,11H2,1-2H3,(H,18,19). The molecule has 0 saturated carbocycles. The lowest BCUT2D eigenvalue weighted by Gasteiger charge is -2.29. The molecule has 0 aliphatic carbocycles. The van der Waals surface area contributed by atoms with Gasteiger partial charge in [0.1, 0.15) is 11.4 Å². The highest BCUT2D eigenvalue weighted by atomic mass is 32.1. The summed E-state index contributed by atoms with van der Waals surface area (Å²) < 4.78 is 19.3. The van der Waals surface area contributed by atoms with Gasteiger partial charge in [-0.1, -0.05) is 18.2 Å². The summed E-state index contributed by atoms with van der Waals surface area (Å²) in [7, 11) is 1.51. The first-order valence-corrected chi connectivity index (χ1v) is 7.57. The molecule has 1 heterocycles. The molecule has 0 bridgehead atoms. The number of rotatable bonds is 6. The smallest absolute Gasteiger partial charge is 0.224 e. The zero-order valence-electron chi connectivity index (χ0n) is 12.1. The second kappa shape index (κ2) is 6.83. The fourth-order valence-electron chi connectivity index (χ4n) is 2.08. The molecule has 5 heteroatoms. The van der Waals surface area contributed by atoms with Gasteiger partial charge in [0, 0.05) is 12.7 Å². The molecule has 2 aromatic rings. The molecule has 1 N–H and O–H groups in total. The lowest BCUT2D eigenvalue weighted by atomic mass is 9.95. The van der Waals surface area contributed by atoms with Crippen LogP contribution < -0.4 is 5.32 Å². The van der Waals surface area contributed by atoms with Gasteiger partial charge in [0.25, 0.3) is 0 Å². The molecule has 21 heavy (non-hydrogen) atoms. The first kappa shape index (κ1) is 15.7. The molecule has 3 nitrogen and oxygen atoms in total. The maximum atomic E-state index is 13.9. The van der Waals surface area contributed by atoms with Crippen molar-refractivity contribution in [1.29, 1.82) is 0 Å². The van der Waals surface area contributed by atoms with E-state index in [-0.39, 0.29) is 18.3 Å². The molecular formula is C16H18FNO2S. The quantitative estimate of drug-likeness (QED) is 0.890. The van der Waals surface area contributed by atoms with E-state index in [1.807, 2.05) is 16.8 Å². The van der Waals surface area contributed by atoms with E-state index in [2.05, 4.69) is 5.32 Å². The maximum absolute atomic E-state index is 13.9. The van der Waals surface area contributed by atoms with Crippen LogP contribution in [0.1, 0.15) is 18.1 Å². The molecule has 0 aliphatic rings. The minimum absolute atomic E-state index is 0.104. The molecule has 0 radical (unpaired) electrons. The monoisotopic (exact) mass is 307 g/mol. The van der Waals surface area contributed by atoms with Crippen molar-refractivity contribution in [1.82, 2.24) is 5.32 Å². The third kappa shape index (κ3) is 3.89. The third-order valence-corrected chi connectivity index (χ3v) is 4.19. The summed E-state index contributed by atoms with van der Waals surface area (Å²) in [6.07, 6.45) is 0.320. The zero-order chi connectivity index (χ0) is 15.3. The topological polar surface area (TPSA) is 38.3 Å². The van der Waals surface area contributed by atoms with E-state index in [1.54, 1.807) is 36.5 Å². The van der Waals surface area contributed by atoms with Gasteiger partial charge < -0.3 is 10.1 Å². The van der Waals surface area contributed by atoms with Crippen LogP contribution in [0.5, 0.6) is 0 Å². The maximum Gasteiger partial charge on any atom is 0.224 e. The predicted molar refractivity (Wildman–Crippen MR) is 81.8 cm³/mol. The largest absolute Gasteiger partial charge is 0.372 e. The molecule has 0 spiro atoms. The van der Waals surface area contributed by atoms with Gasteiger partial charge >= 0.3 is 0 Å². The van der Waals surface area contributed by atoms with Crippen LogP contribution in [0.25, 0.3) is 0 Å². The van der Waals surface area contributed by atoms with E-state index in [0.717, 1.165) is 5.56 Å². The normalized spacial score (nSPS) is 13.7. The van der Waals surface area contributed by atoms with Crippen molar-refractivity contribution in [3.8, 4) is 0 Å². The van der Waals surface area contributed by atoms with Crippen LogP contribution in [0.4, 0.5) is 4.39 Å². The van der Waals surface area contributed by atoms with Crippen molar-refractivity contribution >= 4 is 17.2 Å². The van der Waals surface area contributed by atoms with Crippen LogP contribution in [-0.2, 0) is 21.6 Å². The number of hydrogen-bond acceptors (Lipinski definition) is 3. The molecule has 0 aliphatic heterocycles. The number of methoxy groups -OCH3 is 1. The summed E-state index contributed by atoms with van der Waals surface area (Å²) in [4.78, 5) is 11.9. The second-order valence-corrected chi connectivity index (χ2v) is 5.78. The van der Waals surface area contributed by atoms with Crippen LogP contribution in [-0.4, -0.2) is 19.6 Å². The molecule has 0 saturated heterocycles. The van der Waals surface area contributed by atoms with Crippen LogP contribution in [0.15, 0.2) is 41.1 Å². The first-order valence-electron chi connectivity index (χ1n) is 6.63. The fourth-order valence-corrected chi connectivity index (χ4v) is 2.74. The highest BCUT2D eigenvalue weighted by Crippen LogP contribution is 2.26. The molecule has 1 atom stereocenters. The van der Waals surface area contributed by atoms with Gasteiger partial charge in [0.15, 0.2) is 0 Å². The van der Waals surface area contributed by atoms with E-state index in [1.165, 1.54) is 13.2 Å². The molecule has 1 unspecified atom stereocenters. The lowest BCUT2D eigenvalue weighted by Crippen LogP contribution is -2.41. The van der Waals surface area contributed by atoms with E-state index >= 15 is 0 Å². The van der Waals surface area contributed by atoms with Crippen molar-refractivity contribution in [3.63, 3.8) is 0 Å². The van der Waals surface area contributed by atoms with Gasteiger partial charge in [-0.15, -0.1) is 0 Å². The number of thiophene rings is 1. The second-order valence-electron chi connectivity index (χ2n) is 5.00. The Bertz CT molecular complexity index is 600. The van der Waals surface area contributed by atoms with Crippen LogP contribution in [0.3, 0.4) is 0 Å². The fraction of sp³-hybridized carbons (Fsp3) is 0.312. The Kier molecular flexibility index (Phi) is 5.09. The average Bonchev–Trinajstić information content (AvgIpc) is 2.98. The molecule has 0 fully saturated rings. The van der Waals surface area contributed by atoms with Crippen molar-refractivity contribution in [2.24, 2.45) is 0 Å². The summed E-state index contributed by atoms with van der Waals surface area (Å²) in [5.41, 5.74) is 0.515. The summed E-state index contributed by atoms with van der Waals surface area (Å²) in [5, 5.41) is 6.68. The molecule has 1 aromatic heterocycles. The number of carbonyl (C=O) groups excluding carboxylic acids is 1. The van der Waals surface area contributed by atoms with Gasteiger partial charge in [0.2, 0.25) is 5.91 Å². The number of nitrogens with one attached hydrogen (secondary N) is 1. The van der Waals surface area contributed by atoms with Crippen LogP contribution >= 0.6 is 11.3 Å². The van der Waals surface area contributed by atoms with Crippen molar-refractivity contribution < 1.29 is 13.9 Å². The highest BCUT2D eigenvalue weighted by molar-refractivity contribution is 7.07. The van der Waals surface area contributed by atoms with Gasteiger partial charge in [0.05, 0.1) is 13.0 Å². The number of carbonyl (C=O) groups is 1. The Hall–Kier alpha value is -1.72. The molecule has 1 amide bonds. The van der Waals surface area contributed by atoms with Gasteiger partial charge in [-0.2, -0.15) is 11.3 Å². The number of amides is 1. The Labute approximate surface area is 127 Å². The van der Waals surface area contributed by atoms with E-state index in [4.69, 9.17) is 4.74 Å². The first-order chi connectivity index (χ1) is 10.0. The van der Waals surface area contributed by atoms with Crippen molar-refractivity contribution in [3.05, 3.63) is 58.0 Å². The van der Waals surface area contributed by atoms with Crippen LogP contribution in [0, 0.1) is 5.82 Å². The lowest BCUT2D eigenvalue weighted by molar-refractivity contribution is -0.122. The Balaban J connectivity index is 2.02.